The van der Waals surface area contributed by atoms with Crippen molar-refractivity contribution in [3.63, 3.8) is 0 Å². The Morgan fingerprint density at radius 1 is 1.20 bits per heavy atom. The van der Waals surface area contributed by atoms with Gasteiger partial charge in [0.05, 0.1) is 21.2 Å². The highest BCUT2D eigenvalue weighted by molar-refractivity contribution is 8.00. The van der Waals surface area contributed by atoms with Crippen molar-refractivity contribution in [3.05, 3.63) is 48.5 Å². The van der Waals surface area contributed by atoms with Crippen molar-refractivity contribution in [1.29, 1.82) is 0 Å². The molecule has 3 aromatic rings. The first-order valence-electron chi connectivity index (χ1n) is 7.38. The highest BCUT2D eigenvalue weighted by Gasteiger charge is 2.17. The molecule has 7 nitrogen and oxygen atoms in total. The molecule has 130 valence electrons. The lowest BCUT2D eigenvalue weighted by Crippen LogP contribution is -2.22. The Bertz CT molecular complexity index is 980. The van der Waals surface area contributed by atoms with Crippen molar-refractivity contribution < 1.29 is 13.2 Å². The molecule has 0 saturated carbocycles. The molecule has 3 rings (SSSR count). The molecule has 1 aromatic heterocycles. The van der Waals surface area contributed by atoms with Crippen molar-refractivity contribution in [3.8, 4) is 0 Å². The second kappa shape index (κ2) is 6.87. The number of imidazole rings is 1. The van der Waals surface area contributed by atoms with Crippen LogP contribution in [0, 0.1) is 0 Å². The maximum atomic E-state index is 12.3. The maximum absolute atomic E-state index is 12.3. The van der Waals surface area contributed by atoms with Crippen molar-refractivity contribution in [2.45, 2.75) is 22.2 Å². The number of rotatable bonds is 5. The van der Waals surface area contributed by atoms with Crippen LogP contribution in [0.4, 0.5) is 5.69 Å². The van der Waals surface area contributed by atoms with Gasteiger partial charge in [-0.1, -0.05) is 23.9 Å². The molecule has 0 aliphatic carbocycles. The third-order valence-corrected chi connectivity index (χ3v) is 5.39. The maximum Gasteiger partial charge on any atom is 0.238 e. The summed E-state index contributed by atoms with van der Waals surface area (Å²) in [6.45, 7) is 1.77. The van der Waals surface area contributed by atoms with E-state index in [9.17, 15) is 13.2 Å². The summed E-state index contributed by atoms with van der Waals surface area (Å²) in [6.07, 6.45) is 0. The van der Waals surface area contributed by atoms with Gasteiger partial charge in [0, 0.05) is 5.69 Å². The van der Waals surface area contributed by atoms with E-state index in [0.29, 0.717) is 10.8 Å². The summed E-state index contributed by atoms with van der Waals surface area (Å²) >= 11 is 1.31. The number of anilines is 1. The predicted octanol–water partition coefficient (Wildman–Crippen LogP) is 2.33. The van der Waals surface area contributed by atoms with Crippen molar-refractivity contribution in [2.75, 3.05) is 5.32 Å². The van der Waals surface area contributed by atoms with E-state index < -0.39 is 15.3 Å². The van der Waals surface area contributed by atoms with Gasteiger partial charge in [-0.3, -0.25) is 4.79 Å². The zero-order valence-corrected chi connectivity index (χ0v) is 14.9. The normalized spacial score (nSPS) is 12.9. The number of amides is 1. The van der Waals surface area contributed by atoms with Crippen LogP contribution < -0.4 is 10.5 Å². The Morgan fingerprint density at radius 3 is 2.52 bits per heavy atom. The molecule has 9 heteroatoms. The molecule has 0 saturated heterocycles. The number of thioether (sulfide) groups is 1. The van der Waals surface area contributed by atoms with Gasteiger partial charge in [-0.2, -0.15) is 0 Å². The van der Waals surface area contributed by atoms with Crippen molar-refractivity contribution in [1.82, 2.24) is 9.97 Å². The zero-order valence-electron chi connectivity index (χ0n) is 13.3. The second-order valence-corrected chi connectivity index (χ2v) is 8.27. The summed E-state index contributed by atoms with van der Waals surface area (Å²) in [5, 5.41) is 8.05. The van der Waals surface area contributed by atoms with E-state index in [1.807, 2.05) is 24.3 Å². The number of para-hydroxylation sites is 2. The van der Waals surface area contributed by atoms with Gasteiger partial charge in [-0.25, -0.2) is 18.5 Å². The van der Waals surface area contributed by atoms with E-state index in [4.69, 9.17) is 5.14 Å². The molecule has 4 N–H and O–H groups in total. The topological polar surface area (TPSA) is 118 Å². The van der Waals surface area contributed by atoms with E-state index in [1.54, 1.807) is 6.92 Å². The van der Waals surface area contributed by atoms with Gasteiger partial charge in [0.15, 0.2) is 5.16 Å². The lowest BCUT2D eigenvalue weighted by Gasteiger charge is -2.10. The first-order chi connectivity index (χ1) is 11.8. The molecule has 1 heterocycles. The number of carbonyl (C=O) groups excluding carboxylic acids is 1. The average Bonchev–Trinajstić information content (AvgIpc) is 2.96. The molecular formula is C16H16N4O3S2. The molecule has 0 bridgehead atoms. The third kappa shape index (κ3) is 4.19. The predicted molar refractivity (Wildman–Crippen MR) is 97.9 cm³/mol. The van der Waals surface area contributed by atoms with Crippen molar-refractivity contribution in [2.24, 2.45) is 5.14 Å². The molecule has 0 fully saturated rings. The fourth-order valence-electron chi connectivity index (χ4n) is 2.18. The summed E-state index contributed by atoms with van der Waals surface area (Å²) in [5.41, 5.74) is 2.25. The number of hydrogen-bond acceptors (Lipinski definition) is 5. The van der Waals surface area contributed by atoms with Gasteiger partial charge in [0.1, 0.15) is 0 Å². The standard InChI is InChI=1S/C16H16N4O3S2/c1-10(24-16-19-13-4-2-3-5-14(13)20-16)15(21)18-11-6-8-12(9-7-11)25(17,22)23/h2-10H,1H3,(H,18,21)(H,19,20)(H2,17,22,23)/t10-/m1/s1. The number of aromatic nitrogens is 2. The Labute approximate surface area is 149 Å². The van der Waals surface area contributed by atoms with E-state index in [1.165, 1.54) is 36.0 Å². The Kier molecular flexibility index (Phi) is 4.80. The summed E-state index contributed by atoms with van der Waals surface area (Å²) < 4.78 is 22.5. The lowest BCUT2D eigenvalue weighted by molar-refractivity contribution is -0.115. The van der Waals surface area contributed by atoms with Crippen LogP contribution in [-0.2, 0) is 14.8 Å². The SMILES string of the molecule is C[C@@H](Sc1nc2ccccc2[nH]1)C(=O)Nc1ccc(S(N)(=O)=O)cc1. The van der Waals surface area contributed by atoms with Gasteiger partial charge in [-0.05, 0) is 43.3 Å². The Morgan fingerprint density at radius 2 is 1.88 bits per heavy atom. The minimum absolute atomic E-state index is 0.00445. The fraction of sp³-hybridized carbons (Fsp3) is 0.125. The lowest BCUT2D eigenvalue weighted by atomic mass is 10.3. The minimum Gasteiger partial charge on any atom is -0.333 e. The van der Waals surface area contributed by atoms with Crippen LogP contribution in [-0.4, -0.2) is 29.5 Å². The van der Waals surface area contributed by atoms with Gasteiger partial charge < -0.3 is 10.3 Å². The molecular weight excluding hydrogens is 360 g/mol. The number of aromatic amines is 1. The number of hydrogen-bond donors (Lipinski definition) is 3. The third-order valence-electron chi connectivity index (χ3n) is 3.48. The summed E-state index contributed by atoms with van der Waals surface area (Å²) in [4.78, 5) is 19.9. The quantitative estimate of drug-likeness (QED) is 0.591. The van der Waals surface area contributed by atoms with E-state index in [0.717, 1.165) is 11.0 Å². The highest BCUT2D eigenvalue weighted by atomic mass is 32.2. The molecule has 1 atom stereocenters. The molecule has 2 aromatic carbocycles. The molecule has 1 amide bonds. The highest BCUT2D eigenvalue weighted by Crippen LogP contribution is 2.24. The molecule has 0 radical (unpaired) electrons. The Balaban J connectivity index is 1.66. The molecule has 0 unspecified atom stereocenters. The van der Waals surface area contributed by atoms with Crippen LogP contribution in [0.15, 0.2) is 58.6 Å². The van der Waals surface area contributed by atoms with E-state index >= 15 is 0 Å². The summed E-state index contributed by atoms with van der Waals surface area (Å²) in [5.74, 6) is -0.214. The second-order valence-electron chi connectivity index (χ2n) is 5.38. The first-order valence-corrected chi connectivity index (χ1v) is 9.81. The van der Waals surface area contributed by atoms with Crippen LogP contribution in [0.1, 0.15) is 6.92 Å². The largest absolute Gasteiger partial charge is 0.333 e. The summed E-state index contributed by atoms with van der Waals surface area (Å²) in [7, 11) is -3.75. The summed E-state index contributed by atoms with van der Waals surface area (Å²) in [6, 6.07) is 13.3. The van der Waals surface area contributed by atoms with Gasteiger partial charge in [0.2, 0.25) is 15.9 Å². The van der Waals surface area contributed by atoms with Crippen LogP contribution in [0.2, 0.25) is 0 Å². The number of primary sulfonamides is 1. The number of nitrogens with zero attached hydrogens (tertiary/aromatic N) is 1. The molecule has 0 spiro atoms. The fourth-order valence-corrected chi connectivity index (χ4v) is 3.51. The average molecular weight is 376 g/mol. The van der Waals surface area contributed by atoms with E-state index in [-0.39, 0.29) is 10.8 Å². The van der Waals surface area contributed by atoms with Gasteiger partial charge >= 0.3 is 0 Å². The van der Waals surface area contributed by atoms with Crippen molar-refractivity contribution >= 4 is 44.4 Å². The molecule has 25 heavy (non-hydrogen) atoms. The number of sulfonamides is 1. The number of H-pyrrole nitrogens is 1. The van der Waals surface area contributed by atoms with E-state index in [2.05, 4.69) is 15.3 Å². The number of benzene rings is 2. The molecule has 0 aliphatic rings. The zero-order chi connectivity index (χ0) is 18.0. The minimum atomic E-state index is -3.75. The number of nitrogens with one attached hydrogen (secondary N) is 2. The van der Waals surface area contributed by atoms with Gasteiger partial charge in [-0.15, -0.1) is 0 Å². The monoisotopic (exact) mass is 376 g/mol. The molecule has 0 aliphatic heterocycles. The Hall–Kier alpha value is -2.36. The number of fused-ring (bicyclic) bond motifs is 1. The number of carbonyl (C=O) groups is 1. The van der Waals surface area contributed by atoms with Gasteiger partial charge in [0.25, 0.3) is 0 Å². The first kappa shape index (κ1) is 17.5. The smallest absolute Gasteiger partial charge is 0.238 e. The van der Waals surface area contributed by atoms with Crippen LogP contribution in [0.25, 0.3) is 11.0 Å². The van der Waals surface area contributed by atoms with Crippen LogP contribution >= 0.6 is 11.8 Å². The van der Waals surface area contributed by atoms with Crippen LogP contribution in [0.5, 0.6) is 0 Å². The number of nitrogens with two attached hydrogens (primary N) is 1. The van der Waals surface area contributed by atoms with Crippen LogP contribution in [0.3, 0.4) is 0 Å².